The maximum Gasteiger partial charge on any atom is 0.133 e. The van der Waals surface area contributed by atoms with Crippen molar-refractivity contribution in [1.29, 1.82) is 0 Å². The van der Waals surface area contributed by atoms with Gasteiger partial charge in [-0.3, -0.25) is 0 Å². The van der Waals surface area contributed by atoms with Gasteiger partial charge in [0.15, 0.2) is 0 Å². The number of nitrogens with one attached hydrogen (secondary N) is 1. The van der Waals surface area contributed by atoms with Crippen molar-refractivity contribution in [1.82, 2.24) is 10.3 Å². The number of thiazole rings is 1. The van der Waals surface area contributed by atoms with E-state index in [2.05, 4.69) is 33.2 Å². The Morgan fingerprint density at radius 2 is 2.38 bits per heavy atom. The lowest BCUT2D eigenvalue weighted by Crippen LogP contribution is -2.35. The van der Waals surface area contributed by atoms with Crippen molar-refractivity contribution in [2.24, 2.45) is 5.41 Å². The van der Waals surface area contributed by atoms with E-state index in [1.807, 2.05) is 0 Å². The van der Waals surface area contributed by atoms with Gasteiger partial charge in [0.05, 0.1) is 17.2 Å². The normalized spacial score (nSPS) is 22.0. The predicted molar refractivity (Wildman–Crippen MR) is 86.7 cm³/mol. The topological polar surface area (TPSA) is 54.4 Å². The second-order valence-corrected chi connectivity index (χ2v) is 7.31. The largest absolute Gasteiger partial charge is 0.396 e. The van der Waals surface area contributed by atoms with Gasteiger partial charge in [0.25, 0.3) is 0 Å². The van der Waals surface area contributed by atoms with Crippen molar-refractivity contribution in [3.8, 4) is 9.88 Å². The van der Waals surface area contributed by atoms with Gasteiger partial charge >= 0.3 is 0 Å². The summed E-state index contributed by atoms with van der Waals surface area (Å²) in [6, 6.07) is 4.16. The summed E-state index contributed by atoms with van der Waals surface area (Å²) in [7, 11) is 0. The number of aliphatic hydroxyl groups is 1. The summed E-state index contributed by atoms with van der Waals surface area (Å²) < 4.78 is 5.51. The Morgan fingerprint density at radius 1 is 1.43 bits per heavy atom. The van der Waals surface area contributed by atoms with Crippen LogP contribution < -0.4 is 5.32 Å². The Kier molecular flexibility index (Phi) is 5.03. The van der Waals surface area contributed by atoms with Crippen LogP contribution >= 0.6 is 22.7 Å². The highest BCUT2D eigenvalue weighted by atomic mass is 32.1. The van der Waals surface area contributed by atoms with Gasteiger partial charge in [-0.05, 0) is 24.3 Å². The Hall–Kier alpha value is -0.790. The van der Waals surface area contributed by atoms with E-state index in [-0.39, 0.29) is 12.0 Å². The summed E-state index contributed by atoms with van der Waals surface area (Å²) in [5, 5.41) is 18.0. The summed E-state index contributed by atoms with van der Waals surface area (Å²) in [4.78, 5) is 5.90. The SMILES string of the molecule is OCCC1(CNCc2csc(-c3cccs3)n2)CCOC1. The molecule has 6 heteroatoms. The van der Waals surface area contributed by atoms with Gasteiger partial charge in [0.2, 0.25) is 0 Å². The molecular weight excluding hydrogens is 304 g/mol. The lowest BCUT2D eigenvalue weighted by Gasteiger charge is -2.26. The van der Waals surface area contributed by atoms with Crippen LogP contribution in [0.2, 0.25) is 0 Å². The zero-order valence-corrected chi connectivity index (χ0v) is 13.5. The molecule has 1 aliphatic rings. The van der Waals surface area contributed by atoms with Crippen LogP contribution in [0.5, 0.6) is 0 Å². The molecule has 3 heterocycles. The average molecular weight is 324 g/mol. The van der Waals surface area contributed by atoms with Gasteiger partial charge in [0.1, 0.15) is 5.01 Å². The third-order valence-electron chi connectivity index (χ3n) is 3.92. The van der Waals surface area contributed by atoms with Crippen molar-refractivity contribution in [2.75, 3.05) is 26.4 Å². The first-order valence-corrected chi connectivity index (χ1v) is 8.95. The van der Waals surface area contributed by atoms with E-state index in [0.717, 1.165) is 49.8 Å². The molecule has 0 saturated carbocycles. The van der Waals surface area contributed by atoms with Crippen molar-refractivity contribution in [2.45, 2.75) is 19.4 Å². The van der Waals surface area contributed by atoms with Crippen LogP contribution in [-0.2, 0) is 11.3 Å². The number of thiophene rings is 1. The molecule has 2 aromatic heterocycles. The van der Waals surface area contributed by atoms with E-state index in [1.54, 1.807) is 22.7 Å². The van der Waals surface area contributed by atoms with Crippen molar-refractivity contribution >= 4 is 22.7 Å². The van der Waals surface area contributed by atoms with Crippen molar-refractivity contribution in [3.63, 3.8) is 0 Å². The molecule has 1 fully saturated rings. The lowest BCUT2D eigenvalue weighted by atomic mass is 9.84. The smallest absolute Gasteiger partial charge is 0.133 e. The van der Waals surface area contributed by atoms with Crippen LogP contribution in [0, 0.1) is 5.41 Å². The second-order valence-electron chi connectivity index (χ2n) is 5.50. The van der Waals surface area contributed by atoms with Gasteiger partial charge in [-0.2, -0.15) is 0 Å². The van der Waals surface area contributed by atoms with Crippen LogP contribution in [0.15, 0.2) is 22.9 Å². The average Bonchev–Trinajstić information content (AvgIpc) is 3.20. The second kappa shape index (κ2) is 6.98. The Balaban J connectivity index is 1.53. The zero-order valence-electron chi connectivity index (χ0n) is 11.9. The highest BCUT2D eigenvalue weighted by Crippen LogP contribution is 2.32. The molecule has 3 rings (SSSR count). The molecule has 1 aliphatic heterocycles. The van der Waals surface area contributed by atoms with Gasteiger partial charge in [-0.15, -0.1) is 22.7 Å². The molecule has 0 aliphatic carbocycles. The van der Waals surface area contributed by atoms with E-state index in [1.165, 1.54) is 4.88 Å². The Bertz CT molecular complexity index is 548. The first kappa shape index (κ1) is 15.1. The monoisotopic (exact) mass is 324 g/mol. The van der Waals surface area contributed by atoms with Gasteiger partial charge in [-0.1, -0.05) is 6.07 Å². The van der Waals surface area contributed by atoms with Crippen LogP contribution in [-0.4, -0.2) is 36.5 Å². The number of aromatic nitrogens is 1. The number of aliphatic hydroxyl groups excluding tert-OH is 1. The van der Waals surface area contributed by atoms with E-state index < -0.39 is 0 Å². The lowest BCUT2D eigenvalue weighted by molar-refractivity contribution is 0.124. The third-order valence-corrected chi connectivity index (χ3v) is 5.85. The first-order chi connectivity index (χ1) is 10.3. The van der Waals surface area contributed by atoms with Gasteiger partial charge in [0, 0.05) is 37.1 Å². The molecule has 1 saturated heterocycles. The van der Waals surface area contributed by atoms with Gasteiger partial charge in [-0.25, -0.2) is 4.98 Å². The quantitative estimate of drug-likeness (QED) is 0.822. The Morgan fingerprint density at radius 3 is 3.10 bits per heavy atom. The van der Waals surface area contributed by atoms with Crippen LogP contribution in [0.3, 0.4) is 0 Å². The maximum absolute atomic E-state index is 9.22. The number of hydrogen-bond donors (Lipinski definition) is 2. The van der Waals surface area contributed by atoms with Crippen LogP contribution in [0.25, 0.3) is 9.88 Å². The standard InChI is InChI=1S/C15H20N2O2S2/c18-5-3-15(4-6-19-11-15)10-16-8-12-9-21-14(17-12)13-2-1-7-20-13/h1-2,7,9,16,18H,3-6,8,10-11H2. The number of nitrogens with zero attached hydrogens (tertiary/aromatic N) is 1. The maximum atomic E-state index is 9.22. The van der Waals surface area contributed by atoms with Crippen molar-refractivity contribution in [3.05, 3.63) is 28.6 Å². The van der Waals surface area contributed by atoms with E-state index in [4.69, 9.17) is 4.74 Å². The van der Waals surface area contributed by atoms with Gasteiger partial charge < -0.3 is 15.2 Å². The minimum absolute atomic E-state index is 0.0986. The molecule has 114 valence electrons. The summed E-state index contributed by atoms with van der Waals surface area (Å²) in [6.07, 6.45) is 1.83. The van der Waals surface area contributed by atoms with E-state index in [9.17, 15) is 5.11 Å². The molecule has 4 nitrogen and oxygen atoms in total. The molecule has 1 atom stereocenters. The molecule has 0 aromatic carbocycles. The number of ether oxygens (including phenoxy) is 1. The molecule has 2 aromatic rings. The molecule has 1 unspecified atom stereocenters. The molecule has 0 bridgehead atoms. The Labute approximate surface area is 132 Å². The summed E-state index contributed by atoms with van der Waals surface area (Å²) in [6.45, 7) is 3.43. The van der Waals surface area contributed by atoms with Crippen LogP contribution in [0.4, 0.5) is 0 Å². The minimum atomic E-state index is 0.0986. The fourth-order valence-corrected chi connectivity index (χ4v) is 4.30. The molecule has 0 radical (unpaired) electrons. The summed E-state index contributed by atoms with van der Waals surface area (Å²) >= 11 is 3.42. The molecule has 0 spiro atoms. The number of hydrogen-bond acceptors (Lipinski definition) is 6. The summed E-state index contributed by atoms with van der Waals surface area (Å²) in [5.41, 5.74) is 1.18. The fourth-order valence-electron chi connectivity index (χ4n) is 2.67. The molecular formula is C15H20N2O2S2. The summed E-state index contributed by atoms with van der Waals surface area (Å²) in [5.74, 6) is 0. The third kappa shape index (κ3) is 3.70. The van der Waals surface area contributed by atoms with Crippen molar-refractivity contribution < 1.29 is 9.84 Å². The highest BCUT2D eigenvalue weighted by molar-refractivity contribution is 7.20. The fraction of sp³-hybridized carbons (Fsp3) is 0.533. The first-order valence-electron chi connectivity index (χ1n) is 7.19. The van der Waals surface area contributed by atoms with Crippen LogP contribution in [0.1, 0.15) is 18.5 Å². The minimum Gasteiger partial charge on any atom is -0.396 e. The molecule has 0 amide bonds. The zero-order chi connectivity index (χ0) is 14.5. The highest BCUT2D eigenvalue weighted by Gasteiger charge is 2.33. The van der Waals surface area contributed by atoms with E-state index >= 15 is 0 Å². The van der Waals surface area contributed by atoms with E-state index in [0.29, 0.717) is 0 Å². The number of rotatable bonds is 7. The molecule has 2 N–H and O–H groups in total. The predicted octanol–water partition coefficient (Wildman–Crippen LogP) is 2.75. The molecule has 21 heavy (non-hydrogen) atoms.